The number of hydrogen-bond acceptors (Lipinski definition) is 4. The lowest BCUT2D eigenvalue weighted by Crippen LogP contribution is -2.38. The zero-order valence-corrected chi connectivity index (χ0v) is 12.7. The Morgan fingerprint density at radius 3 is 2.22 bits per heavy atom. The lowest BCUT2D eigenvalue weighted by atomic mass is 10.3. The summed E-state index contributed by atoms with van der Waals surface area (Å²) in [6, 6.07) is 16.0. The molecule has 2 amide bonds. The maximum Gasteiger partial charge on any atom is 0.313 e. The van der Waals surface area contributed by atoms with Crippen molar-refractivity contribution in [1.29, 1.82) is 0 Å². The van der Waals surface area contributed by atoms with Crippen LogP contribution in [0.3, 0.4) is 0 Å². The first-order valence-corrected chi connectivity index (χ1v) is 7.15. The van der Waals surface area contributed by atoms with Gasteiger partial charge in [-0.25, -0.2) is 0 Å². The minimum atomic E-state index is -0.796. The number of hydrogen-bond donors (Lipinski definition) is 3. The van der Waals surface area contributed by atoms with Crippen molar-refractivity contribution in [3.8, 4) is 11.5 Å². The van der Waals surface area contributed by atoms with E-state index in [-0.39, 0.29) is 6.54 Å². The molecule has 0 fully saturated rings. The van der Waals surface area contributed by atoms with Crippen LogP contribution in [0.4, 0.5) is 5.69 Å². The van der Waals surface area contributed by atoms with Crippen molar-refractivity contribution in [3.63, 3.8) is 0 Å². The highest BCUT2D eigenvalue weighted by Gasteiger charge is 2.13. The molecule has 0 aliphatic heterocycles. The minimum Gasteiger partial charge on any atom is -0.457 e. The summed E-state index contributed by atoms with van der Waals surface area (Å²) in [6.07, 6.45) is -0.707. The zero-order chi connectivity index (χ0) is 16.7. The van der Waals surface area contributed by atoms with Gasteiger partial charge in [0.15, 0.2) is 0 Å². The summed E-state index contributed by atoms with van der Waals surface area (Å²) in [5.41, 5.74) is 0.475. The predicted octanol–water partition coefficient (Wildman–Crippen LogP) is 1.91. The Labute approximate surface area is 134 Å². The quantitative estimate of drug-likeness (QED) is 0.736. The number of carbonyl (C=O) groups excluding carboxylic acids is 2. The van der Waals surface area contributed by atoms with Crippen molar-refractivity contribution in [1.82, 2.24) is 5.32 Å². The Hall–Kier alpha value is -2.86. The second-order valence-electron chi connectivity index (χ2n) is 4.95. The van der Waals surface area contributed by atoms with E-state index in [0.29, 0.717) is 17.2 Å². The molecule has 1 unspecified atom stereocenters. The minimum absolute atomic E-state index is 0.0239. The summed E-state index contributed by atoms with van der Waals surface area (Å²) < 4.78 is 5.63. The largest absolute Gasteiger partial charge is 0.457 e. The fourth-order valence-electron chi connectivity index (χ4n) is 1.74. The van der Waals surface area contributed by atoms with E-state index in [0.717, 1.165) is 0 Å². The SMILES string of the molecule is CC(O)CNC(=O)C(=O)Nc1ccc(Oc2ccccc2)cc1. The molecule has 23 heavy (non-hydrogen) atoms. The standard InChI is InChI=1S/C17H18N2O4/c1-12(20)11-18-16(21)17(22)19-13-7-9-15(10-8-13)23-14-5-3-2-4-6-14/h2-10,12,20H,11H2,1H3,(H,18,21)(H,19,22). The van der Waals surface area contributed by atoms with Gasteiger partial charge in [0, 0.05) is 12.2 Å². The molecule has 6 nitrogen and oxygen atoms in total. The number of para-hydroxylation sites is 1. The molecule has 0 aliphatic carbocycles. The van der Waals surface area contributed by atoms with E-state index in [4.69, 9.17) is 9.84 Å². The lowest BCUT2D eigenvalue weighted by Gasteiger charge is -2.09. The first-order valence-electron chi connectivity index (χ1n) is 7.15. The third kappa shape index (κ3) is 5.44. The number of aliphatic hydroxyl groups is 1. The molecule has 3 N–H and O–H groups in total. The maximum atomic E-state index is 11.7. The van der Waals surface area contributed by atoms with Crippen LogP contribution in [0.1, 0.15) is 6.92 Å². The van der Waals surface area contributed by atoms with Gasteiger partial charge in [0.05, 0.1) is 6.10 Å². The van der Waals surface area contributed by atoms with Crippen LogP contribution in [0, 0.1) is 0 Å². The maximum absolute atomic E-state index is 11.7. The Morgan fingerprint density at radius 1 is 1.00 bits per heavy atom. The summed E-state index contributed by atoms with van der Waals surface area (Å²) in [5, 5.41) is 13.9. The fraction of sp³-hybridized carbons (Fsp3) is 0.176. The number of carbonyl (C=O) groups is 2. The first-order chi connectivity index (χ1) is 11.0. The van der Waals surface area contributed by atoms with Gasteiger partial charge in [-0.1, -0.05) is 18.2 Å². The van der Waals surface area contributed by atoms with E-state index in [1.54, 1.807) is 24.3 Å². The lowest BCUT2D eigenvalue weighted by molar-refractivity contribution is -0.136. The monoisotopic (exact) mass is 314 g/mol. The molecule has 2 rings (SSSR count). The van der Waals surface area contributed by atoms with E-state index in [1.165, 1.54) is 6.92 Å². The van der Waals surface area contributed by atoms with E-state index >= 15 is 0 Å². The van der Waals surface area contributed by atoms with Crippen LogP contribution in [0.2, 0.25) is 0 Å². The molecule has 2 aromatic rings. The number of anilines is 1. The molecule has 6 heteroatoms. The molecule has 2 aromatic carbocycles. The van der Waals surface area contributed by atoms with E-state index in [9.17, 15) is 9.59 Å². The van der Waals surface area contributed by atoms with Crippen molar-refractivity contribution >= 4 is 17.5 Å². The summed E-state index contributed by atoms with van der Waals surface area (Å²) in [5.74, 6) is -0.257. The Balaban J connectivity index is 1.89. The highest BCUT2D eigenvalue weighted by atomic mass is 16.5. The van der Waals surface area contributed by atoms with Gasteiger partial charge < -0.3 is 20.5 Å². The molecule has 0 spiro atoms. The summed E-state index contributed by atoms with van der Waals surface area (Å²) >= 11 is 0. The summed E-state index contributed by atoms with van der Waals surface area (Å²) in [4.78, 5) is 23.2. The first kappa shape index (κ1) is 16.5. The van der Waals surface area contributed by atoms with E-state index < -0.39 is 17.9 Å². The topological polar surface area (TPSA) is 87.7 Å². The van der Waals surface area contributed by atoms with Gasteiger partial charge in [-0.15, -0.1) is 0 Å². The molecule has 0 radical (unpaired) electrons. The average Bonchev–Trinajstić information content (AvgIpc) is 2.55. The van der Waals surface area contributed by atoms with Crippen LogP contribution < -0.4 is 15.4 Å². The third-order valence-corrected chi connectivity index (χ3v) is 2.86. The fourth-order valence-corrected chi connectivity index (χ4v) is 1.74. The van der Waals surface area contributed by atoms with Crippen molar-refractivity contribution in [2.45, 2.75) is 13.0 Å². The smallest absolute Gasteiger partial charge is 0.313 e. The second-order valence-corrected chi connectivity index (χ2v) is 4.95. The van der Waals surface area contributed by atoms with Crippen LogP contribution in [-0.2, 0) is 9.59 Å². The van der Waals surface area contributed by atoms with Gasteiger partial charge in [0.1, 0.15) is 11.5 Å². The second kappa shape index (κ2) is 7.95. The van der Waals surface area contributed by atoms with Crippen LogP contribution in [0.25, 0.3) is 0 Å². The molecule has 0 aliphatic rings. The molecular weight excluding hydrogens is 296 g/mol. The van der Waals surface area contributed by atoms with Crippen molar-refractivity contribution < 1.29 is 19.4 Å². The third-order valence-electron chi connectivity index (χ3n) is 2.86. The van der Waals surface area contributed by atoms with Gasteiger partial charge in [-0.05, 0) is 43.3 Å². The van der Waals surface area contributed by atoms with Gasteiger partial charge in [0.2, 0.25) is 0 Å². The van der Waals surface area contributed by atoms with Gasteiger partial charge in [0.25, 0.3) is 0 Å². The Kier molecular flexibility index (Phi) is 5.71. The van der Waals surface area contributed by atoms with E-state index in [2.05, 4.69) is 10.6 Å². The molecule has 0 heterocycles. The van der Waals surface area contributed by atoms with Crippen LogP contribution in [0.5, 0.6) is 11.5 Å². The summed E-state index contributed by atoms with van der Waals surface area (Å²) in [6.45, 7) is 1.54. The molecular formula is C17H18N2O4. The van der Waals surface area contributed by atoms with Gasteiger partial charge in [-0.3, -0.25) is 9.59 Å². The number of aliphatic hydroxyl groups excluding tert-OH is 1. The number of rotatable bonds is 5. The zero-order valence-electron chi connectivity index (χ0n) is 12.7. The van der Waals surface area contributed by atoms with Gasteiger partial charge >= 0.3 is 11.8 Å². The number of amides is 2. The highest BCUT2D eigenvalue weighted by Crippen LogP contribution is 2.22. The van der Waals surface area contributed by atoms with Crippen molar-refractivity contribution in [2.75, 3.05) is 11.9 Å². The van der Waals surface area contributed by atoms with Crippen molar-refractivity contribution in [3.05, 3.63) is 54.6 Å². The molecule has 0 saturated carbocycles. The van der Waals surface area contributed by atoms with E-state index in [1.807, 2.05) is 30.3 Å². The molecule has 0 saturated heterocycles. The van der Waals surface area contributed by atoms with Gasteiger partial charge in [-0.2, -0.15) is 0 Å². The highest BCUT2D eigenvalue weighted by molar-refractivity contribution is 6.39. The summed E-state index contributed by atoms with van der Waals surface area (Å²) in [7, 11) is 0. The molecule has 1 atom stereocenters. The van der Waals surface area contributed by atoms with Crippen LogP contribution in [-0.4, -0.2) is 29.6 Å². The molecule has 120 valence electrons. The number of nitrogens with one attached hydrogen (secondary N) is 2. The average molecular weight is 314 g/mol. The molecule has 0 aromatic heterocycles. The Bertz CT molecular complexity index is 654. The molecule has 0 bridgehead atoms. The van der Waals surface area contributed by atoms with Crippen molar-refractivity contribution in [2.24, 2.45) is 0 Å². The number of ether oxygens (including phenoxy) is 1. The van der Waals surface area contributed by atoms with Crippen LogP contribution in [0.15, 0.2) is 54.6 Å². The Morgan fingerprint density at radius 2 is 1.61 bits per heavy atom. The normalized spacial score (nSPS) is 11.4. The predicted molar refractivity (Wildman–Crippen MR) is 86.3 cm³/mol. The number of benzene rings is 2. The van der Waals surface area contributed by atoms with Crippen LogP contribution >= 0.6 is 0 Å².